The second-order valence-corrected chi connectivity index (χ2v) is 6.55. The first-order valence-corrected chi connectivity index (χ1v) is 9.59. The van der Waals surface area contributed by atoms with Crippen LogP contribution in [0.25, 0.3) is 0 Å². The Morgan fingerprint density at radius 2 is 1.67 bits per heavy atom. The Kier molecular flexibility index (Phi) is 8.22. The molecule has 160 valence electrons. The number of aromatic hydroxyl groups is 1. The van der Waals surface area contributed by atoms with Gasteiger partial charge in [-0.05, 0) is 37.6 Å². The zero-order valence-corrected chi connectivity index (χ0v) is 16.9. The summed E-state index contributed by atoms with van der Waals surface area (Å²) in [6.07, 6.45) is 1.87. The van der Waals surface area contributed by atoms with Gasteiger partial charge in [-0.25, -0.2) is 4.79 Å². The van der Waals surface area contributed by atoms with Crippen LogP contribution in [0.3, 0.4) is 0 Å². The number of hydrogen-bond donors (Lipinski definition) is 3. The minimum Gasteiger partial charge on any atom is -0.507 e. The summed E-state index contributed by atoms with van der Waals surface area (Å²) in [6, 6.07) is 9.75. The van der Waals surface area contributed by atoms with Crippen LogP contribution in [0.2, 0.25) is 0 Å². The quantitative estimate of drug-likeness (QED) is 0.309. The van der Waals surface area contributed by atoms with E-state index < -0.39 is 11.9 Å². The summed E-state index contributed by atoms with van der Waals surface area (Å²) in [4.78, 5) is 33.7. The Morgan fingerprint density at radius 3 is 2.30 bits per heavy atom. The first-order valence-electron chi connectivity index (χ1n) is 9.59. The topological polar surface area (TPSA) is 122 Å². The number of phenolic OH excluding ortho intramolecular Hbond substituents is 1. The van der Waals surface area contributed by atoms with Gasteiger partial charge in [0.05, 0.1) is 24.5 Å². The number of ketones is 1. The van der Waals surface area contributed by atoms with E-state index in [1.165, 1.54) is 6.92 Å². The highest BCUT2D eigenvalue weighted by molar-refractivity contribution is 6.36. The molecule has 0 fully saturated rings. The minimum atomic E-state index is -1.58. The summed E-state index contributed by atoms with van der Waals surface area (Å²) < 4.78 is 11.4. The molecule has 2 aromatic carbocycles. The van der Waals surface area contributed by atoms with Crippen LogP contribution < -0.4 is 14.8 Å². The molecule has 2 aromatic rings. The number of carboxylic acid groups (broad SMARTS) is 1. The summed E-state index contributed by atoms with van der Waals surface area (Å²) >= 11 is 0. The van der Waals surface area contributed by atoms with Gasteiger partial charge >= 0.3 is 11.9 Å². The number of carbonyl (C=O) groups is 3. The second-order valence-electron chi connectivity index (χ2n) is 6.55. The predicted molar refractivity (Wildman–Crippen MR) is 110 cm³/mol. The summed E-state index contributed by atoms with van der Waals surface area (Å²) in [7, 11) is 0. The van der Waals surface area contributed by atoms with Crippen LogP contribution in [0, 0.1) is 0 Å². The van der Waals surface area contributed by atoms with E-state index in [0.29, 0.717) is 36.5 Å². The van der Waals surface area contributed by atoms with E-state index in [9.17, 15) is 19.5 Å². The molecule has 8 heteroatoms. The Hall–Kier alpha value is -3.55. The zero-order valence-electron chi connectivity index (χ0n) is 16.9. The maximum absolute atomic E-state index is 11.6. The van der Waals surface area contributed by atoms with Crippen molar-refractivity contribution in [2.24, 2.45) is 0 Å². The predicted octanol–water partition coefficient (Wildman–Crippen LogP) is 3.42. The van der Waals surface area contributed by atoms with E-state index in [1.807, 2.05) is 6.92 Å². The van der Waals surface area contributed by atoms with E-state index in [2.05, 4.69) is 5.32 Å². The summed E-state index contributed by atoms with van der Waals surface area (Å²) in [5.41, 5.74) is 1.14. The lowest BCUT2D eigenvalue weighted by atomic mass is 10.0. The van der Waals surface area contributed by atoms with Crippen LogP contribution in [0.5, 0.6) is 17.2 Å². The highest BCUT2D eigenvalue weighted by Crippen LogP contribution is 2.33. The molecule has 0 unspecified atom stereocenters. The summed E-state index contributed by atoms with van der Waals surface area (Å²) in [5, 5.41) is 21.3. The maximum atomic E-state index is 11.6. The molecule has 0 saturated carbocycles. The van der Waals surface area contributed by atoms with Crippen molar-refractivity contribution in [1.29, 1.82) is 0 Å². The highest BCUT2D eigenvalue weighted by atomic mass is 16.5. The Labute approximate surface area is 174 Å². The van der Waals surface area contributed by atoms with Crippen LogP contribution in [-0.4, -0.2) is 41.1 Å². The van der Waals surface area contributed by atoms with Gasteiger partial charge in [-0.15, -0.1) is 0 Å². The van der Waals surface area contributed by atoms with Crippen molar-refractivity contribution in [1.82, 2.24) is 0 Å². The van der Waals surface area contributed by atoms with Crippen LogP contribution in [0.4, 0.5) is 5.69 Å². The maximum Gasteiger partial charge on any atom is 0.394 e. The van der Waals surface area contributed by atoms with Gasteiger partial charge in [0.15, 0.2) is 5.78 Å². The molecule has 3 N–H and O–H groups in total. The van der Waals surface area contributed by atoms with E-state index in [-0.39, 0.29) is 29.4 Å². The van der Waals surface area contributed by atoms with Crippen molar-refractivity contribution < 1.29 is 34.1 Å². The number of rotatable bonds is 10. The van der Waals surface area contributed by atoms with Crippen LogP contribution in [0.1, 0.15) is 42.6 Å². The van der Waals surface area contributed by atoms with E-state index in [0.717, 1.165) is 6.42 Å². The number of hydrogen-bond acceptors (Lipinski definition) is 6. The summed E-state index contributed by atoms with van der Waals surface area (Å²) in [6.45, 7) is 3.94. The molecule has 0 aliphatic heterocycles. The number of carboxylic acids is 1. The monoisotopic (exact) mass is 415 g/mol. The molecular weight excluding hydrogens is 390 g/mol. The molecule has 0 radical (unpaired) electrons. The lowest BCUT2D eigenvalue weighted by Crippen LogP contribution is -2.22. The first-order chi connectivity index (χ1) is 14.3. The molecule has 0 aliphatic carbocycles. The fourth-order valence-electron chi connectivity index (χ4n) is 2.82. The van der Waals surface area contributed by atoms with Gasteiger partial charge < -0.3 is 25.0 Å². The van der Waals surface area contributed by atoms with Gasteiger partial charge in [-0.3, -0.25) is 9.59 Å². The van der Waals surface area contributed by atoms with Gasteiger partial charge in [-0.2, -0.15) is 0 Å². The highest BCUT2D eigenvalue weighted by Gasteiger charge is 2.16. The van der Waals surface area contributed by atoms with E-state index in [1.54, 1.807) is 36.4 Å². The number of amides is 1. The minimum absolute atomic E-state index is 0.0406. The number of anilines is 1. The van der Waals surface area contributed by atoms with Crippen molar-refractivity contribution >= 4 is 23.3 Å². The van der Waals surface area contributed by atoms with Gasteiger partial charge in [0, 0.05) is 12.0 Å². The van der Waals surface area contributed by atoms with Crippen LogP contribution in [0.15, 0.2) is 36.4 Å². The number of para-hydroxylation sites is 2. The number of benzene rings is 2. The molecule has 0 aliphatic rings. The van der Waals surface area contributed by atoms with Crippen molar-refractivity contribution in [3.63, 3.8) is 0 Å². The lowest BCUT2D eigenvalue weighted by Gasteiger charge is -2.15. The molecule has 0 aromatic heterocycles. The van der Waals surface area contributed by atoms with E-state index in [4.69, 9.17) is 14.6 Å². The molecule has 1 amide bonds. The fourth-order valence-corrected chi connectivity index (χ4v) is 2.82. The molecule has 0 saturated heterocycles. The number of aliphatic carboxylic acids is 1. The van der Waals surface area contributed by atoms with Gasteiger partial charge in [0.25, 0.3) is 0 Å². The molecule has 30 heavy (non-hydrogen) atoms. The number of ether oxygens (including phenoxy) is 2. The molecule has 0 spiro atoms. The number of nitrogens with one attached hydrogen (secondary N) is 1. The average Bonchev–Trinajstić information content (AvgIpc) is 2.70. The molecular formula is C22H25NO7. The van der Waals surface area contributed by atoms with E-state index >= 15 is 0 Å². The molecule has 0 atom stereocenters. The summed E-state index contributed by atoms with van der Waals surface area (Å²) in [5.74, 6) is -2.11. The van der Waals surface area contributed by atoms with Gasteiger partial charge in [0.1, 0.15) is 17.2 Å². The third-order valence-corrected chi connectivity index (χ3v) is 4.25. The molecule has 0 heterocycles. The van der Waals surface area contributed by atoms with Crippen LogP contribution >= 0.6 is 0 Å². The van der Waals surface area contributed by atoms with Crippen molar-refractivity contribution in [2.75, 3.05) is 18.5 Å². The third-order valence-electron chi connectivity index (χ3n) is 4.25. The lowest BCUT2D eigenvalue weighted by molar-refractivity contribution is -0.147. The van der Waals surface area contributed by atoms with Gasteiger partial charge in [-0.1, -0.05) is 25.5 Å². The smallest absolute Gasteiger partial charge is 0.394 e. The van der Waals surface area contributed by atoms with Crippen molar-refractivity contribution in [3.8, 4) is 17.2 Å². The molecule has 8 nitrogen and oxygen atoms in total. The standard InChI is InChI=1S/C22H25NO7/c1-3-7-16-18(11-10-15(14(2)24)20(16)25)29-12-6-13-30-19-9-5-4-8-17(19)23-21(26)22(27)28/h4-5,8-11,25H,3,6-7,12-13H2,1-2H3,(H,23,26)(H,27,28). The number of Topliss-reactive ketones (excluding diaryl/α,β-unsaturated/α-hetero) is 1. The van der Waals surface area contributed by atoms with Gasteiger partial charge in [0.2, 0.25) is 0 Å². The molecule has 0 bridgehead atoms. The Bertz CT molecular complexity index is 924. The number of phenols is 1. The third kappa shape index (κ3) is 5.97. The molecule has 2 rings (SSSR count). The van der Waals surface area contributed by atoms with Crippen molar-refractivity contribution in [2.45, 2.75) is 33.1 Å². The Morgan fingerprint density at radius 1 is 1.00 bits per heavy atom. The first kappa shape index (κ1) is 22.7. The number of carbonyl (C=O) groups excluding carboxylic acids is 2. The van der Waals surface area contributed by atoms with Crippen molar-refractivity contribution in [3.05, 3.63) is 47.5 Å². The Balaban J connectivity index is 1.94. The normalized spacial score (nSPS) is 10.3. The zero-order chi connectivity index (χ0) is 22.1. The SMILES string of the molecule is CCCc1c(OCCCOc2ccccc2NC(=O)C(=O)O)ccc(C(C)=O)c1O. The second kappa shape index (κ2) is 10.8. The average molecular weight is 415 g/mol. The van der Waals surface area contributed by atoms with Crippen LogP contribution in [-0.2, 0) is 16.0 Å². The largest absolute Gasteiger partial charge is 0.507 e. The fraction of sp³-hybridized carbons (Fsp3) is 0.318.